The van der Waals surface area contributed by atoms with Crippen molar-refractivity contribution in [3.63, 3.8) is 0 Å². The van der Waals surface area contributed by atoms with Crippen molar-refractivity contribution in [1.82, 2.24) is 4.90 Å². The van der Waals surface area contributed by atoms with E-state index >= 15 is 0 Å². The molecule has 0 radical (unpaired) electrons. The molecule has 2 nitrogen and oxygen atoms in total. The quantitative estimate of drug-likeness (QED) is 0.763. The van der Waals surface area contributed by atoms with Crippen molar-refractivity contribution in [2.75, 3.05) is 0 Å². The van der Waals surface area contributed by atoms with Gasteiger partial charge in [-0.15, -0.1) is 11.8 Å². The first kappa shape index (κ1) is 16.0. The maximum absolute atomic E-state index is 12.8. The molecule has 0 heterocycles. The molecule has 1 unspecified atom stereocenters. The Labute approximate surface area is 119 Å². The Morgan fingerprint density at radius 3 is 1.95 bits per heavy atom. The monoisotopic (exact) mass is 283 g/mol. The number of benzene rings is 1. The van der Waals surface area contributed by atoms with Crippen LogP contribution in [0.25, 0.3) is 0 Å². The Hall–Kier alpha value is -1.03. The third-order valence-electron chi connectivity index (χ3n) is 2.84. The average Bonchev–Trinajstić information content (AvgIpc) is 2.31. The number of hydrogen-bond acceptors (Lipinski definition) is 2. The number of rotatable bonds is 5. The lowest BCUT2D eigenvalue weighted by molar-refractivity contribution is -0.133. The van der Waals surface area contributed by atoms with Gasteiger partial charge in [0.1, 0.15) is 5.82 Å². The van der Waals surface area contributed by atoms with Crippen LogP contribution in [0.15, 0.2) is 29.2 Å². The highest BCUT2D eigenvalue weighted by Gasteiger charge is 2.25. The van der Waals surface area contributed by atoms with Gasteiger partial charge in [0, 0.05) is 17.0 Å². The number of hydrogen-bond donors (Lipinski definition) is 0. The zero-order valence-corrected chi connectivity index (χ0v) is 13.0. The second kappa shape index (κ2) is 6.94. The molecular weight excluding hydrogens is 261 g/mol. The van der Waals surface area contributed by atoms with Gasteiger partial charge >= 0.3 is 0 Å². The van der Waals surface area contributed by atoms with Crippen LogP contribution in [-0.4, -0.2) is 28.1 Å². The van der Waals surface area contributed by atoms with E-state index in [9.17, 15) is 9.18 Å². The summed E-state index contributed by atoms with van der Waals surface area (Å²) in [7, 11) is 0. The van der Waals surface area contributed by atoms with Crippen LogP contribution < -0.4 is 0 Å². The van der Waals surface area contributed by atoms with Crippen molar-refractivity contribution in [1.29, 1.82) is 0 Å². The summed E-state index contributed by atoms with van der Waals surface area (Å²) < 4.78 is 12.8. The molecule has 0 saturated heterocycles. The summed E-state index contributed by atoms with van der Waals surface area (Å²) in [6.45, 7) is 9.98. The molecule has 0 aliphatic heterocycles. The summed E-state index contributed by atoms with van der Waals surface area (Å²) >= 11 is 1.47. The third-order valence-corrected chi connectivity index (χ3v) is 3.94. The van der Waals surface area contributed by atoms with Crippen molar-refractivity contribution in [2.24, 2.45) is 0 Å². The molecule has 0 N–H and O–H groups in total. The molecule has 106 valence electrons. The number of thioether (sulfide) groups is 1. The molecule has 1 aromatic carbocycles. The first-order valence-corrected chi connectivity index (χ1v) is 7.45. The topological polar surface area (TPSA) is 20.3 Å². The molecule has 19 heavy (non-hydrogen) atoms. The zero-order chi connectivity index (χ0) is 14.6. The highest BCUT2D eigenvalue weighted by atomic mass is 32.2. The third kappa shape index (κ3) is 4.53. The van der Waals surface area contributed by atoms with Crippen LogP contribution in [0.3, 0.4) is 0 Å². The van der Waals surface area contributed by atoms with E-state index < -0.39 is 0 Å². The zero-order valence-electron chi connectivity index (χ0n) is 12.2. The molecule has 0 bridgehead atoms. The molecule has 1 amide bonds. The summed E-state index contributed by atoms with van der Waals surface area (Å²) in [5, 5.41) is -0.171. The summed E-state index contributed by atoms with van der Waals surface area (Å²) in [5.74, 6) is -0.131. The second-order valence-electron chi connectivity index (χ2n) is 5.15. The van der Waals surface area contributed by atoms with Crippen molar-refractivity contribution < 1.29 is 9.18 Å². The van der Waals surface area contributed by atoms with Crippen molar-refractivity contribution in [2.45, 2.75) is 56.8 Å². The molecule has 0 spiro atoms. The van der Waals surface area contributed by atoms with Crippen molar-refractivity contribution in [3.8, 4) is 0 Å². The fourth-order valence-corrected chi connectivity index (χ4v) is 3.01. The van der Waals surface area contributed by atoms with Crippen molar-refractivity contribution >= 4 is 17.7 Å². The smallest absolute Gasteiger partial charge is 0.236 e. The largest absolute Gasteiger partial charge is 0.337 e. The molecule has 4 heteroatoms. The van der Waals surface area contributed by atoms with Gasteiger partial charge in [-0.05, 0) is 58.9 Å². The van der Waals surface area contributed by atoms with Gasteiger partial charge in [0.2, 0.25) is 5.91 Å². The molecule has 1 rings (SSSR count). The van der Waals surface area contributed by atoms with E-state index in [1.165, 1.54) is 23.9 Å². The molecule has 1 atom stereocenters. The van der Waals surface area contributed by atoms with Crippen LogP contribution in [-0.2, 0) is 4.79 Å². The van der Waals surface area contributed by atoms with Crippen LogP contribution in [0.5, 0.6) is 0 Å². The number of nitrogens with zero attached hydrogens (tertiary/aromatic N) is 1. The van der Waals surface area contributed by atoms with E-state index in [4.69, 9.17) is 0 Å². The van der Waals surface area contributed by atoms with Gasteiger partial charge in [0.25, 0.3) is 0 Å². The van der Waals surface area contributed by atoms with Crippen LogP contribution in [0.2, 0.25) is 0 Å². The normalized spacial score (nSPS) is 12.8. The Kier molecular flexibility index (Phi) is 5.85. The van der Waals surface area contributed by atoms with Crippen molar-refractivity contribution in [3.05, 3.63) is 30.1 Å². The molecule has 1 aromatic rings. The van der Waals surface area contributed by atoms with Gasteiger partial charge in [0.15, 0.2) is 0 Å². The standard InChI is InChI=1S/C15H22FNOS/c1-10(2)17(11(3)4)15(18)12(5)19-14-8-6-13(16)7-9-14/h6-12H,1-5H3. The van der Waals surface area contributed by atoms with Crippen LogP contribution in [0, 0.1) is 5.82 Å². The minimum Gasteiger partial charge on any atom is -0.337 e. The molecule has 0 saturated carbocycles. The first-order valence-electron chi connectivity index (χ1n) is 6.57. The van der Waals surface area contributed by atoms with Gasteiger partial charge in [-0.3, -0.25) is 4.79 Å². The molecule has 0 fully saturated rings. The number of carbonyl (C=O) groups is 1. The van der Waals surface area contributed by atoms with Crippen LogP contribution in [0.1, 0.15) is 34.6 Å². The van der Waals surface area contributed by atoms with E-state index in [0.717, 1.165) is 4.90 Å². The van der Waals surface area contributed by atoms with Gasteiger partial charge in [-0.25, -0.2) is 4.39 Å². The van der Waals surface area contributed by atoms with E-state index in [-0.39, 0.29) is 29.1 Å². The minimum atomic E-state index is -0.255. The summed E-state index contributed by atoms with van der Waals surface area (Å²) in [5.41, 5.74) is 0. The SMILES string of the molecule is CC(Sc1ccc(F)cc1)C(=O)N(C(C)C)C(C)C. The van der Waals surface area contributed by atoms with Crippen LogP contribution >= 0.6 is 11.8 Å². The predicted octanol–water partition coefficient (Wildman–Crippen LogP) is 3.95. The lowest BCUT2D eigenvalue weighted by Gasteiger charge is -2.32. The van der Waals surface area contributed by atoms with Crippen LogP contribution in [0.4, 0.5) is 4.39 Å². The molecule has 0 aromatic heterocycles. The number of halogens is 1. The molecule has 0 aliphatic rings. The Morgan fingerprint density at radius 1 is 1.05 bits per heavy atom. The molecule has 0 aliphatic carbocycles. The van der Waals surface area contributed by atoms with E-state index in [1.807, 2.05) is 39.5 Å². The van der Waals surface area contributed by atoms with Gasteiger partial charge < -0.3 is 4.90 Å². The lowest BCUT2D eigenvalue weighted by atomic mass is 10.2. The molecular formula is C15H22FNOS. The van der Waals surface area contributed by atoms with Gasteiger partial charge in [0.05, 0.1) is 5.25 Å². The van der Waals surface area contributed by atoms with E-state index in [1.54, 1.807) is 12.1 Å². The maximum atomic E-state index is 12.8. The fraction of sp³-hybridized carbons (Fsp3) is 0.533. The second-order valence-corrected chi connectivity index (χ2v) is 6.56. The summed E-state index contributed by atoms with van der Waals surface area (Å²) in [6.07, 6.45) is 0. The summed E-state index contributed by atoms with van der Waals surface area (Å²) in [6, 6.07) is 6.62. The minimum absolute atomic E-state index is 0.124. The maximum Gasteiger partial charge on any atom is 0.236 e. The highest BCUT2D eigenvalue weighted by molar-refractivity contribution is 8.00. The Morgan fingerprint density at radius 2 is 1.53 bits per heavy atom. The van der Waals surface area contributed by atoms with Gasteiger partial charge in [-0.2, -0.15) is 0 Å². The Bertz CT molecular complexity index is 409. The fourth-order valence-electron chi connectivity index (χ4n) is 2.08. The first-order chi connectivity index (χ1) is 8.82. The van der Waals surface area contributed by atoms with E-state index in [2.05, 4.69) is 0 Å². The lowest BCUT2D eigenvalue weighted by Crippen LogP contribution is -2.45. The van der Waals surface area contributed by atoms with E-state index in [0.29, 0.717) is 0 Å². The predicted molar refractivity (Wildman–Crippen MR) is 78.8 cm³/mol. The number of carbonyl (C=O) groups excluding carboxylic acids is 1. The Balaban J connectivity index is 2.73. The van der Waals surface area contributed by atoms with Gasteiger partial charge in [-0.1, -0.05) is 0 Å². The average molecular weight is 283 g/mol. The summed E-state index contributed by atoms with van der Waals surface area (Å²) in [4.78, 5) is 15.2. The highest BCUT2D eigenvalue weighted by Crippen LogP contribution is 2.25. The number of amides is 1.